The smallest absolute Gasteiger partial charge is 0.259 e. The van der Waals surface area contributed by atoms with Crippen LogP contribution in [0.5, 0.6) is 0 Å². The first-order chi connectivity index (χ1) is 29.5. The lowest BCUT2D eigenvalue weighted by atomic mass is 9.61. The number of amides is 8. The minimum atomic E-state index is -1.77. The van der Waals surface area contributed by atoms with Gasteiger partial charge >= 0.3 is 0 Å². The number of nitrogens with one attached hydrogen (secondary N) is 4. The maximum atomic E-state index is 14.1. The van der Waals surface area contributed by atoms with E-state index >= 15 is 0 Å². The first-order valence-electron chi connectivity index (χ1n) is 18.7. The Kier molecular flexibility index (Phi) is 6.50. The van der Waals surface area contributed by atoms with Crippen molar-refractivity contribution in [3.8, 4) is 22.3 Å². The number of azo groups is 2. The molecule has 4 N–H and O–H groups in total. The second-order valence-corrected chi connectivity index (χ2v) is 15.0. The van der Waals surface area contributed by atoms with Crippen molar-refractivity contribution in [2.75, 3.05) is 0 Å². The molecule has 0 unspecified atom stereocenters. The summed E-state index contributed by atoms with van der Waals surface area (Å²) in [6, 6.07) is 25.7. The molecule has 0 radical (unpaired) electrons. The minimum absolute atomic E-state index is 0.0306. The van der Waals surface area contributed by atoms with E-state index in [-0.39, 0.29) is 89.5 Å². The number of benzene rings is 6. The molecular formula is C45H20N8O8. The summed E-state index contributed by atoms with van der Waals surface area (Å²) in [5.74, 6) is -5.30. The SMILES string of the molecule is O=C1NC(=O)c2c1ccc1c2-c2ccc(cc2)C2(c3ccc(cc3)-c3c(ccc4c3C(=O)NC4=O)N=N1)c1c(ccc3c1C(=O)NC3=O)N=Nc1ccc3c(c12)C(=O)NC3=O. The number of fused-ring (bicyclic) bond motifs is 10. The Morgan fingerprint density at radius 3 is 0.951 bits per heavy atom. The zero-order chi connectivity index (χ0) is 41.6. The van der Waals surface area contributed by atoms with Crippen LogP contribution >= 0.6 is 0 Å². The third-order valence-electron chi connectivity index (χ3n) is 12.0. The molecule has 4 bridgehead atoms. The fourth-order valence-electron chi connectivity index (χ4n) is 9.53. The fraction of sp³-hybridized carbons (Fsp3) is 0.0222. The molecule has 288 valence electrons. The molecule has 0 atom stereocenters. The van der Waals surface area contributed by atoms with Crippen LogP contribution in [0.1, 0.15) is 105 Å². The molecule has 6 aromatic rings. The predicted molar refractivity (Wildman–Crippen MR) is 211 cm³/mol. The van der Waals surface area contributed by atoms with Gasteiger partial charge in [0.25, 0.3) is 47.3 Å². The van der Waals surface area contributed by atoms with Gasteiger partial charge in [0, 0.05) is 22.3 Å². The van der Waals surface area contributed by atoms with Crippen LogP contribution in [0.15, 0.2) is 118 Å². The molecule has 8 amide bonds. The summed E-state index contributed by atoms with van der Waals surface area (Å²) in [4.78, 5) is 108. The van der Waals surface area contributed by atoms with Gasteiger partial charge in [0.1, 0.15) is 0 Å². The lowest BCUT2D eigenvalue weighted by Crippen LogP contribution is -2.35. The number of nitrogens with zero attached hydrogens (tertiary/aromatic N) is 4. The van der Waals surface area contributed by atoms with Gasteiger partial charge in [-0.1, -0.05) is 48.5 Å². The summed E-state index contributed by atoms with van der Waals surface area (Å²) >= 11 is 0. The molecule has 8 aliphatic heterocycles. The Hall–Kier alpha value is -8.92. The Morgan fingerprint density at radius 1 is 0.295 bits per heavy atom. The molecule has 16 nitrogen and oxygen atoms in total. The number of hydrogen-bond acceptors (Lipinski definition) is 12. The van der Waals surface area contributed by atoms with E-state index in [9.17, 15) is 38.4 Å². The highest BCUT2D eigenvalue weighted by Crippen LogP contribution is 2.57. The third kappa shape index (κ3) is 4.30. The van der Waals surface area contributed by atoms with Crippen LogP contribution in [0, 0.1) is 0 Å². The van der Waals surface area contributed by atoms with Crippen molar-refractivity contribution in [1.29, 1.82) is 0 Å². The van der Waals surface area contributed by atoms with Crippen LogP contribution < -0.4 is 21.3 Å². The Bertz CT molecular complexity index is 3130. The summed E-state index contributed by atoms with van der Waals surface area (Å²) in [5, 5.41) is 27.8. The molecule has 0 saturated carbocycles. The van der Waals surface area contributed by atoms with Gasteiger partial charge < -0.3 is 0 Å². The zero-order valence-electron chi connectivity index (χ0n) is 30.8. The molecule has 0 aromatic heterocycles. The highest BCUT2D eigenvalue weighted by atomic mass is 16.2. The molecule has 1 spiro atoms. The van der Waals surface area contributed by atoms with Crippen molar-refractivity contribution in [1.82, 2.24) is 21.3 Å². The van der Waals surface area contributed by atoms with Crippen LogP contribution in [0.3, 0.4) is 0 Å². The highest BCUT2D eigenvalue weighted by molar-refractivity contribution is 6.27. The highest BCUT2D eigenvalue weighted by Gasteiger charge is 2.52. The van der Waals surface area contributed by atoms with Crippen molar-refractivity contribution in [3.63, 3.8) is 0 Å². The van der Waals surface area contributed by atoms with Crippen molar-refractivity contribution >= 4 is 70.0 Å². The predicted octanol–water partition coefficient (Wildman–Crippen LogP) is 6.40. The zero-order valence-corrected chi connectivity index (χ0v) is 30.8. The number of rotatable bonds is 0. The second-order valence-electron chi connectivity index (χ2n) is 15.0. The first-order valence-corrected chi connectivity index (χ1v) is 18.7. The molecule has 8 heterocycles. The molecule has 16 heteroatoms. The van der Waals surface area contributed by atoms with Gasteiger partial charge in [0.2, 0.25) is 0 Å². The number of carbonyl (C=O) groups excluding carboxylic acids is 8. The van der Waals surface area contributed by atoms with E-state index in [1.807, 2.05) is 0 Å². The lowest BCUT2D eigenvalue weighted by molar-refractivity contribution is 0.0862. The van der Waals surface area contributed by atoms with E-state index in [1.54, 1.807) is 72.8 Å². The Balaban J connectivity index is 1.28. The molecule has 61 heavy (non-hydrogen) atoms. The van der Waals surface area contributed by atoms with E-state index < -0.39 is 52.7 Å². The normalized spacial score (nSPS) is 16.7. The quantitative estimate of drug-likeness (QED) is 0.125. The largest absolute Gasteiger partial charge is 0.288 e. The summed E-state index contributed by atoms with van der Waals surface area (Å²) in [6.45, 7) is 0. The monoisotopic (exact) mass is 800 g/mol. The molecule has 0 saturated heterocycles. The van der Waals surface area contributed by atoms with Crippen LogP contribution in [-0.2, 0) is 5.41 Å². The van der Waals surface area contributed by atoms with Gasteiger partial charge in [-0.15, -0.1) is 10.2 Å². The molecule has 14 rings (SSSR count). The van der Waals surface area contributed by atoms with E-state index in [2.05, 4.69) is 41.7 Å². The van der Waals surface area contributed by atoms with E-state index in [1.165, 1.54) is 24.3 Å². The average Bonchev–Trinajstić information content (AvgIpc) is 3.90. The summed E-state index contributed by atoms with van der Waals surface area (Å²) < 4.78 is 0. The van der Waals surface area contributed by atoms with Gasteiger partial charge in [-0.25, -0.2) is 0 Å². The topological polar surface area (TPSA) is 234 Å². The van der Waals surface area contributed by atoms with Gasteiger partial charge in [-0.2, -0.15) is 10.2 Å². The van der Waals surface area contributed by atoms with E-state index in [0.717, 1.165) is 0 Å². The van der Waals surface area contributed by atoms with Gasteiger partial charge in [0.15, 0.2) is 0 Å². The number of hydrogen-bond donors (Lipinski definition) is 4. The van der Waals surface area contributed by atoms with Crippen LogP contribution in [-0.4, -0.2) is 47.3 Å². The van der Waals surface area contributed by atoms with E-state index in [4.69, 9.17) is 0 Å². The molecule has 0 aliphatic carbocycles. The molecule has 8 aliphatic rings. The average molecular weight is 801 g/mol. The number of imide groups is 4. The van der Waals surface area contributed by atoms with Crippen LogP contribution in [0.25, 0.3) is 22.3 Å². The van der Waals surface area contributed by atoms with Gasteiger partial charge in [-0.3, -0.25) is 59.6 Å². The Morgan fingerprint density at radius 2 is 0.590 bits per heavy atom. The van der Waals surface area contributed by atoms with Crippen LogP contribution in [0.4, 0.5) is 22.7 Å². The van der Waals surface area contributed by atoms with E-state index in [0.29, 0.717) is 22.3 Å². The molecule has 0 fully saturated rings. The molecular weight excluding hydrogens is 781 g/mol. The summed E-state index contributed by atoms with van der Waals surface area (Å²) in [7, 11) is 0. The number of carbonyl (C=O) groups is 8. The maximum Gasteiger partial charge on any atom is 0.259 e. The van der Waals surface area contributed by atoms with Crippen molar-refractivity contribution < 1.29 is 38.4 Å². The van der Waals surface area contributed by atoms with Gasteiger partial charge in [0.05, 0.1) is 72.7 Å². The maximum absolute atomic E-state index is 14.1. The molecule has 6 aromatic carbocycles. The van der Waals surface area contributed by atoms with Crippen molar-refractivity contribution in [3.05, 3.63) is 164 Å². The van der Waals surface area contributed by atoms with Gasteiger partial charge in [-0.05, 0) is 70.8 Å². The Labute approximate surface area is 340 Å². The standard InChI is InChI=1S/C45H20N8O8/c54-37-21-9-13-25-29(31(21)41(58)46-37)17-1-5-19(6-2-17)45(20-7-3-18(4-8-20)30-26(51-50-25)14-10-22-32(30)42(59)47-38(22)55)35-27(15-11-23-33(35)43(60)48-39(23)56)52-53-28-16-12-24-34(36(28)45)44(61)49-40(24)57/h1-16H,(H,46,54,58)(H,47,55,59)(H,48,56,60)(H,49,57,61). The van der Waals surface area contributed by atoms with Crippen LogP contribution in [0.2, 0.25) is 0 Å². The fourth-order valence-corrected chi connectivity index (χ4v) is 9.53. The summed E-state index contributed by atoms with van der Waals surface area (Å²) in [5.41, 5.74) is 1.81. The van der Waals surface area contributed by atoms with Crippen molar-refractivity contribution in [2.24, 2.45) is 20.5 Å². The third-order valence-corrected chi connectivity index (χ3v) is 12.0. The second kappa shape index (κ2) is 11.6. The lowest BCUT2D eigenvalue weighted by Gasteiger charge is -2.39. The summed E-state index contributed by atoms with van der Waals surface area (Å²) in [6.07, 6.45) is 0. The first kappa shape index (κ1) is 34.1. The van der Waals surface area contributed by atoms with Crippen molar-refractivity contribution in [2.45, 2.75) is 5.41 Å². The minimum Gasteiger partial charge on any atom is -0.288 e.